The number of hydrogen-bond acceptors (Lipinski definition) is 3. The zero-order chi connectivity index (χ0) is 16.9. The standard InChI is InChI=1S/C13H15ClN2.C5H10O2/c14-10-1-2-13-11(7-10)12(8-16-13)9-3-5-15-6-4-9;1-5(2,3)7-4-6/h1-2,7-9,15-16H,3-6H2;4H,1-3H3. The maximum absolute atomic E-state index is 9.60. The van der Waals surface area contributed by atoms with Gasteiger partial charge in [-0.25, -0.2) is 0 Å². The predicted molar refractivity (Wildman–Crippen MR) is 95.1 cm³/mol. The lowest BCUT2D eigenvalue weighted by molar-refractivity contribution is -0.138. The largest absolute Gasteiger partial charge is 0.462 e. The summed E-state index contributed by atoms with van der Waals surface area (Å²) < 4.78 is 4.55. The van der Waals surface area contributed by atoms with Gasteiger partial charge in [0.15, 0.2) is 0 Å². The smallest absolute Gasteiger partial charge is 0.293 e. The molecule has 4 nitrogen and oxygen atoms in total. The van der Waals surface area contributed by atoms with E-state index in [0.29, 0.717) is 12.4 Å². The van der Waals surface area contributed by atoms with E-state index in [9.17, 15) is 4.79 Å². The first kappa shape index (κ1) is 17.8. The minimum Gasteiger partial charge on any atom is -0.462 e. The summed E-state index contributed by atoms with van der Waals surface area (Å²) in [5.41, 5.74) is 2.30. The summed E-state index contributed by atoms with van der Waals surface area (Å²) in [6.07, 6.45) is 4.59. The molecule has 2 aromatic rings. The maximum Gasteiger partial charge on any atom is 0.293 e. The Morgan fingerprint density at radius 1 is 1.26 bits per heavy atom. The van der Waals surface area contributed by atoms with Crippen molar-refractivity contribution in [3.05, 3.63) is 35.0 Å². The average molecular weight is 337 g/mol. The van der Waals surface area contributed by atoms with Gasteiger partial charge >= 0.3 is 0 Å². The number of halogens is 1. The molecule has 23 heavy (non-hydrogen) atoms. The second-order valence-corrected chi connectivity index (χ2v) is 7.22. The first-order valence-corrected chi connectivity index (χ1v) is 8.37. The van der Waals surface area contributed by atoms with Crippen molar-refractivity contribution >= 4 is 29.0 Å². The first-order chi connectivity index (χ1) is 10.9. The Morgan fingerprint density at radius 2 is 1.96 bits per heavy atom. The van der Waals surface area contributed by atoms with Crippen LogP contribution in [0.1, 0.15) is 45.1 Å². The van der Waals surface area contributed by atoms with Crippen LogP contribution in [0, 0.1) is 0 Å². The number of aromatic amines is 1. The van der Waals surface area contributed by atoms with Gasteiger partial charge in [-0.3, -0.25) is 4.79 Å². The van der Waals surface area contributed by atoms with Crippen molar-refractivity contribution in [1.82, 2.24) is 10.3 Å². The fourth-order valence-electron chi connectivity index (χ4n) is 2.73. The SMILES string of the molecule is CC(C)(C)OC=O.Clc1ccc2[nH]cc(C3CCNCC3)c2c1. The molecule has 1 aliphatic rings. The lowest BCUT2D eigenvalue weighted by atomic mass is 9.90. The van der Waals surface area contributed by atoms with E-state index in [1.165, 1.54) is 29.3 Å². The number of carbonyl (C=O) groups is 1. The lowest BCUT2D eigenvalue weighted by Crippen LogP contribution is -2.26. The monoisotopic (exact) mass is 336 g/mol. The van der Waals surface area contributed by atoms with Crippen LogP contribution in [0.2, 0.25) is 5.02 Å². The molecule has 1 saturated heterocycles. The summed E-state index contributed by atoms with van der Waals surface area (Å²) in [4.78, 5) is 12.9. The summed E-state index contributed by atoms with van der Waals surface area (Å²) in [5, 5.41) is 5.51. The van der Waals surface area contributed by atoms with E-state index in [1.54, 1.807) is 0 Å². The number of piperidine rings is 1. The zero-order valence-corrected chi connectivity index (χ0v) is 14.7. The van der Waals surface area contributed by atoms with Gasteiger partial charge in [0.1, 0.15) is 5.60 Å². The number of aromatic nitrogens is 1. The molecule has 0 bridgehead atoms. The van der Waals surface area contributed by atoms with E-state index in [2.05, 4.69) is 33.4 Å². The van der Waals surface area contributed by atoms with E-state index in [1.807, 2.05) is 26.8 Å². The van der Waals surface area contributed by atoms with E-state index < -0.39 is 0 Å². The third-order valence-electron chi connectivity index (χ3n) is 3.86. The van der Waals surface area contributed by atoms with Crippen LogP contribution in [0.3, 0.4) is 0 Å². The van der Waals surface area contributed by atoms with Crippen molar-refractivity contribution < 1.29 is 9.53 Å². The van der Waals surface area contributed by atoms with Gasteiger partial charge in [0.2, 0.25) is 0 Å². The van der Waals surface area contributed by atoms with Crippen LogP contribution in [-0.2, 0) is 9.53 Å². The van der Waals surface area contributed by atoms with Crippen molar-refractivity contribution in [3.8, 4) is 0 Å². The Morgan fingerprint density at radius 3 is 2.52 bits per heavy atom. The molecule has 0 amide bonds. The van der Waals surface area contributed by atoms with Gasteiger partial charge in [0.25, 0.3) is 6.47 Å². The van der Waals surface area contributed by atoms with Gasteiger partial charge in [0.05, 0.1) is 0 Å². The van der Waals surface area contributed by atoms with Gasteiger partial charge in [-0.15, -0.1) is 0 Å². The Hall–Kier alpha value is -1.52. The normalized spacial score (nSPS) is 15.8. The molecule has 0 aliphatic carbocycles. The number of hydrogen-bond donors (Lipinski definition) is 2. The van der Waals surface area contributed by atoms with Crippen molar-refractivity contribution in [1.29, 1.82) is 0 Å². The highest BCUT2D eigenvalue weighted by Gasteiger charge is 2.18. The molecule has 1 aromatic carbocycles. The maximum atomic E-state index is 9.60. The molecular formula is C18H25ClN2O2. The minimum atomic E-state index is -0.318. The van der Waals surface area contributed by atoms with Gasteiger partial charge < -0.3 is 15.0 Å². The Bertz CT molecular complexity index is 640. The fraction of sp³-hybridized carbons (Fsp3) is 0.500. The summed E-state index contributed by atoms with van der Waals surface area (Å²) in [6.45, 7) is 8.17. The molecular weight excluding hydrogens is 312 g/mol. The molecule has 3 rings (SSSR count). The molecule has 1 fully saturated rings. The topological polar surface area (TPSA) is 54.1 Å². The van der Waals surface area contributed by atoms with Gasteiger partial charge in [0, 0.05) is 22.1 Å². The van der Waals surface area contributed by atoms with Crippen molar-refractivity contribution in [3.63, 3.8) is 0 Å². The molecule has 1 aromatic heterocycles. The fourth-order valence-corrected chi connectivity index (χ4v) is 2.90. The Labute approximate surface area is 142 Å². The first-order valence-electron chi connectivity index (χ1n) is 7.99. The average Bonchev–Trinajstić information content (AvgIpc) is 2.90. The molecule has 0 spiro atoms. The molecule has 0 saturated carbocycles. The van der Waals surface area contributed by atoms with Crippen LogP contribution in [0.15, 0.2) is 24.4 Å². The Kier molecular flexibility index (Phi) is 6.08. The van der Waals surface area contributed by atoms with Crippen LogP contribution in [0.25, 0.3) is 10.9 Å². The summed E-state index contributed by atoms with van der Waals surface area (Å²) in [6, 6.07) is 6.07. The minimum absolute atomic E-state index is 0.318. The van der Waals surface area contributed by atoms with Gasteiger partial charge in [-0.1, -0.05) is 11.6 Å². The van der Waals surface area contributed by atoms with Crippen molar-refractivity contribution in [2.45, 2.75) is 45.1 Å². The highest BCUT2D eigenvalue weighted by atomic mass is 35.5. The zero-order valence-electron chi connectivity index (χ0n) is 14.0. The van der Waals surface area contributed by atoms with Gasteiger partial charge in [-0.2, -0.15) is 0 Å². The number of nitrogens with one attached hydrogen (secondary N) is 2. The molecule has 2 heterocycles. The third-order valence-corrected chi connectivity index (χ3v) is 4.09. The van der Waals surface area contributed by atoms with E-state index >= 15 is 0 Å². The molecule has 0 unspecified atom stereocenters. The number of H-pyrrole nitrogens is 1. The number of carbonyl (C=O) groups excluding carboxylic acids is 1. The molecule has 1 aliphatic heterocycles. The quantitative estimate of drug-likeness (QED) is 0.806. The molecule has 0 radical (unpaired) electrons. The highest BCUT2D eigenvalue weighted by Crippen LogP contribution is 2.32. The van der Waals surface area contributed by atoms with Gasteiger partial charge in [-0.05, 0) is 76.4 Å². The molecule has 0 atom stereocenters. The van der Waals surface area contributed by atoms with Crippen LogP contribution in [0.5, 0.6) is 0 Å². The Balaban J connectivity index is 0.000000236. The summed E-state index contributed by atoms with van der Waals surface area (Å²) in [7, 11) is 0. The third kappa shape index (κ3) is 5.26. The second kappa shape index (κ2) is 7.84. The number of benzene rings is 1. The highest BCUT2D eigenvalue weighted by molar-refractivity contribution is 6.31. The lowest BCUT2D eigenvalue weighted by Gasteiger charge is -2.22. The van der Waals surface area contributed by atoms with Crippen molar-refractivity contribution in [2.24, 2.45) is 0 Å². The van der Waals surface area contributed by atoms with Crippen LogP contribution in [0.4, 0.5) is 0 Å². The molecule has 126 valence electrons. The second-order valence-electron chi connectivity index (χ2n) is 6.78. The molecule has 2 N–H and O–H groups in total. The summed E-state index contributed by atoms with van der Waals surface area (Å²) >= 11 is 6.06. The number of rotatable bonds is 2. The van der Waals surface area contributed by atoms with Crippen LogP contribution < -0.4 is 5.32 Å². The summed E-state index contributed by atoms with van der Waals surface area (Å²) in [5.74, 6) is 0.675. The van der Waals surface area contributed by atoms with Crippen LogP contribution >= 0.6 is 11.6 Å². The number of ether oxygens (including phenoxy) is 1. The van der Waals surface area contributed by atoms with E-state index in [-0.39, 0.29) is 5.60 Å². The molecule has 5 heteroatoms. The van der Waals surface area contributed by atoms with E-state index in [4.69, 9.17) is 11.6 Å². The van der Waals surface area contributed by atoms with Crippen molar-refractivity contribution in [2.75, 3.05) is 13.1 Å². The van der Waals surface area contributed by atoms with E-state index in [0.717, 1.165) is 18.1 Å². The predicted octanol–water partition coefficient (Wildman–Crippen LogP) is 4.25. The van der Waals surface area contributed by atoms with Crippen LogP contribution in [-0.4, -0.2) is 30.1 Å². The number of fused-ring (bicyclic) bond motifs is 1.